The van der Waals surface area contributed by atoms with Gasteiger partial charge in [-0.1, -0.05) is 20.3 Å². The maximum Gasteiger partial charge on any atom is 0.251 e. The fraction of sp³-hybridized carbons (Fsp3) is 0.417. The van der Waals surface area contributed by atoms with Crippen molar-refractivity contribution in [2.24, 2.45) is 5.92 Å². The number of benzene rings is 1. The first-order valence-corrected chi connectivity index (χ1v) is 5.20. The van der Waals surface area contributed by atoms with E-state index in [-0.39, 0.29) is 11.7 Å². The molecular formula is C12H17NO2. The maximum absolute atomic E-state index is 11.6. The van der Waals surface area contributed by atoms with Crippen LogP contribution < -0.4 is 5.32 Å². The molecule has 1 aromatic rings. The monoisotopic (exact) mass is 207 g/mol. The van der Waals surface area contributed by atoms with E-state index in [2.05, 4.69) is 19.2 Å². The third kappa shape index (κ3) is 3.62. The molecule has 1 atom stereocenters. The quantitative estimate of drug-likeness (QED) is 0.795. The van der Waals surface area contributed by atoms with E-state index in [4.69, 9.17) is 5.11 Å². The molecule has 0 spiro atoms. The lowest BCUT2D eigenvalue weighted by molar-refractivity contribution is 0.0948. The van der Waals surface area contributed by atoms with Crippen molar-refractivity contribution in [3.63, 3.8) is 0 Å². The summed E-state index contributed by atoms with van der Waals surface area (Å²) in [7, 11) is 0. The van der Waals surface area contributed by atoms with Crippen LogP contribution in [0.15, 0.2) is 24.3 Å². The second-order valence-corrected chi connectivity index (χ2v) is 3.77. The van der Waals surface area contributed by atoms with Crippen LogP contribution in [0, 0.1) is 5.92 Å². The Morgan fingerprint density at radius 1 is 1.40 bits per heavy atom. The number of hydrogen-bond acceptors (Lipinski definition) is 2. The highest BCUT2D eigenvalue weighted by atomic mass is 16.3. The van der Waals surface area contributed by atoms with Crippen LogP contribution in [-0.2, 0) is 0 Å². The predicted octanol–water partition coefficient (Wildman–Crippen LogP) is 2.17. The number of phenolic OH excluding ortho intramolecular Hbond substituents is 1. The zero-order valence-corrected chi connectivity index (χ0v) is 9.16. The van der Waals surface area contributed by atoms with Gasteiger partial charge in [-0.3, -0.25) is 4.79 Å². The fourth-order valence-electron chi connectivity index (χ4n) is 1.13. The minimum absolute atomic E-state index is 0.0877. The number of phenols is 1. The molecule has 0 aliphatic rings. The van der Waals surface area contributed by atoms with Crippen LogP contribution in [-0.4, -0.2) is 17.6 Å². The Labute approximate surface area is 90.1 Å². The Morgan fingerprint density at radius 3 is 2.53 bits per heavy atom. The molecule has 15 heavy (non-hydrogen) atoms. The lowest BCUT2D eigenvalue weighted by Crippen LogP contribution is -2.27. The number of rotatable bonds is 4. The van der Waals surface area contributed by atoms with E-state index in [0.717, 1.165) is 6.42 Å². The van der Waals surface area contributed by atoms with Crippen molar-refractivity contribution in [1.29, 1.82) is 0 Å². The van der Waals surface area contributed by atoms with Gasteiger partial charge in [-0.05, 0) is 30.2 Å². The van der Waals surface area contributed by atoms with E-state index < -0.39 is 0 Å². The molecule has 0 fully saturated rings. The van der Waals surface area contributed by atoms with Gasteiger partial charge in [-0.15, -0.1) is 0 Å². The summed E-state index contributed by atoms with van der Waals surface area (Å²) in [5, 5.41) is 11.9. The number of amides is 1. The summed E-state index contributed by atoms with van der Waals surface area (Å²) < 4.78 is 0. The molecule has 1 aromatic carbocycles. The number of hydrogen-bond donors (Lipinski definition) is 2. The van der Waals surface area contributed by atoms with Crippen LogP contribution in [0.25, 0.3) is 0 Å². The van der Waals surface area contributed by atoms with E-state index >= 15 is 0 Å². The number of carbonyl (C=O) groups is 1. The smallest absolute Gasteiger partial charge is 0.251 e. The molecule has 3 nitrogen and oxygen atoms in total. The third-order valence-corrected chi connectivity index (χ3v) is 2.44. The Bertz CT molecular complexity index is 319. The molecule has 0 aliphatic carbocycles. The van der Waals surface area contributed by atoms with Crippen molar-refractivity contribution in [1.82, 2.24) is 5.32 Å². The highest BCUT2D eigenvalue weighted by Crippen LogP contribution is 2.09. The Morgan fingerprint density at radius 2 is 2.00 bits per heavy atom. The Kier molecular flexibility index (Phi) is 4.16. The highest BCUT2D eigenvalue weighted by molar-refractivity contribution is 5.94. The molecule has 1 amide bonds. The van der Waals surface area contributed by atoms with Gasteiger partial charge in [0.05, 0.1) is 0 Å². The summed E-state index contributed by atoms with van der Waals surface area (Å²) in [6.45, 7) is 4.88. The average molecular weight is 207 g/mol. The summed E-state index contributed by atoms with van der Waals surface area (Å²) in [6.07, 6.45) is 1.05. The van der Waals surface area contributed by atoms with Gasteiger partial charge in [0.1, 0.15) is 5.75 Å². The van der Waals surface area contributed by atoms with E-state index in [1.54, 1.807) is 12.1 Å². The van der Waals surface area contributed by atoms with E-state index in [0.29, 0.717) is 18.0 Å². The van der Waals surface area contributed by atoms with Crippen LogP contribution >= 0.6 is 0 Å². The molecule has 0 radical (unpaired) electrons. The summed E-state index contributed by atoms with van der Waals surface area (Å²) in [6, 6.07) is 6.25. The first-order valence-electron chi connectivity index (χ1n) is 5.20. The standard InChI is InChI=1S/C12H17NO2/c1-3-9(2)8-13-12(15)10-4-6-11(14)7-5-10/h4-7,9,14H,3,8H2,1-2H3,(H,13,15). The zero-order valence-electron chi connectivity index (χ0n) is 9.16. The van der Waals surface area contributed by atoms with Gasteiger partial charge < -0.3 is 10.4 Å². The van der Waals surface area contributed by atoms with Crippen molar-refractivity contribution in [2.45, 2.75) is 20.3 Å². The number of aromatic hydroxyl groups is 1. The minimum atomic E-state index is -0.0877. The maximum atomic E-state index is 11.6. The molecule has 1 unspecified atom stereocenters. The van der Waals surface area contributed by atoms with E-state index in [9.17, 15) is 4.79 Å². The van der Waals surface area contributed by atoms with Crippen molar-refractivity contribution >= 4 is 5.91 Å². The molecular weight excluding hydrogens is 190 g/mol. The molecule has 0 bridgehead atoms. The van der Waals surface area contributed by atoms with Gasteiger partial charge in [0.15, 0.2) is 0 Å². The Hall–Kier alpha value is -1.51. The van der Waals surface area contributed by atoms with Crippen molar-refractivity contribution in [2.75, 3.05) is 6.54 Å². The van der Waals surface area contributed by atoms with Crippen LogP contribution in [0.1, 0.15) is 30.6 Å². The fourth-order valence-corrected chi connectivity index (χ4v) is 1.13. The van der Waals surface area contributed by atoms with Gasteiger partial charge >= 0.3 is 0 Å². The first kappa shape index (κ1) is 11.6. The summed E-state index contributed by atoms with van der Waals surface area (Å²) in [5.74, 6) is 0.579. The predicted molar refractivity (Wildman–Crippen MR) is 59.9 cm³/mol. The van der Waals surface area contributed by atoms with Crippen LogP contribution in [0.3, 0.4) is 0 Å². The molecule has 0 aliphatic heterocycles. The molecule has 2 N–H and O–H groups in total. The SMILES string of the molecule is CCC(C)CNC(=O)c1ccc(O)cc1. The van der Waals surface area contributed by atoms with Crippen molar-refractivity contribution < 1.29 is 9.90 Å². The summed E-state index contributed by atoms with van der Waals surface area (Å²) in [4.78, 5) is 11.6. The molecule has 3 heteroatoms. The first-order chi connectivity index (χ1) is 7.13. The second-order valence-electron chi connectivity index (χ2n) is 3.77. The highest BCUT2D eigenvalue weighted by Gasteiger charge is 2.06. The minimum Gasteiger partial charge on any atom is -0.508 e. The normalized spacial score (nSPS) is 12.1. The van der Waals surface area contributed by atoms with Gasteiger partial charge in [0.2, 0.25) is 0 Å². The second kappa shape index (κ2) is 5.39. The number of carbonyl (C=O) groups excluding carboxylic acids is 1. The lowest BCUT2D eigenvalue weighted by Gasteiger charge is -2.09. The van der Waals surface area contributed by atoms with Gasteiger partial charge in [0.25, 0.3) is 5.91 Å². The number of nitrogens with one attached hydrogen (secondary N) is 1. The molecule has 0 aromatic heterocycles. The lowest BCUT2D eigenvalue weighted by atomic mass is 10.1. The van der Waals surface area contributed by atoms with Crippen LogP contribution in [0.2, 0.25) is 0 Å². The Balaban J connectivity index is 2.50. The summed E-state index contributed by atoms with van der Waals surface area (Å²) in [5.41, 5.74) is 0.580. The molecule has 1 rings (SSSR count). The van der Waals surface area contributed by atoms with Crippen LogP contribution in [0.5, 0.6) is 5.75 Å². The zero-order chi connectivity index (χ0) is 11.3. The molecule has 82 valence electrons. The molecule has 0 heterocycles. The van der Waals surface area contributed by atoms with Gasteiger partial charge in [-0.25, -0.2) is 0 Å². The van der Waals surface area contributed by atoms with Crippen molar-refractivity contribution in [3.8, 4) is 5.75 Å². The summed E-state index contributed by atoms with van der Waals surface area (Å²) >= 11 is 0. The largest absolute Gasteiger partial charge is 0.508 e. The topological polar surface area (TPSA) is 49.3 Å². The third-order valence-electron chi connectivity index (χ3n) is 2.44. The van der Waals surface area contributed by atoms with Gasteiger partial charge in [-0.2, -0.15) is 0 Å². The van der Waals surface area contributed by atoms with E-state index in [1.165, 1.54) is 12.1 Å². The van der Waals surface area contributed by atoms with E-state index in [1.807, 2.05) is 0 Å². The molecule has 0 saturated heterocycles. The van der Waals surface area contributed by atoms with Crippen LogP contribution in [0.4, 0.5) is 0 Å². The molecule has 0 saturated carbocycles. The average Bonchev–Trinajstić information content (AvgIpc) is 2.26. The van der Waals surface area contributed by atoms with Crippen molar-refractivity contribution in [3.05, 3.63) is 29.8 Å². The van der Waals surface area contributed by atoms with Gasteiger partial charge in [0, 0.05) is 12.1 Å².